The van der Waals surface area contributed by atoms with Crippen LogP contribution in [0.4, 0.5) is 10.1 Å². The Hall–Kier alpha value is -2.68. The molecule has 1 heterocycles. The molecule has 0 spiro atoms. The summed E-state index contributed by atoms with van der Waals surface area (Å²) in [7, 11) is -3.85. The van der Waals surface area contributed by atoms with Crippen LogP contribution in [0.2, 0.25) is 0 Å². The number of sulfonamides is 1. The van der Waals surface area contributed by atoms with E-state index < -0.39 is 21.7 Å². The predicted octanol–water partition coefficient (Wildman–Crippen LogP) is 1.12. The van der Waals surface area contributed by atoms with Gasteiger partial charge in [-0.25, -0.2) is 12.8 Å². The van der Waals surface area contributed by atoms with Crippen molar-refractivity contribution in [2.75, 3.05) is 4.72 Å². The van der Waals surface area contributed by atoms with Crippen LogP contribution in [0.25, 0.3) is 0 Å². The second-order valence-corrected chi connectivity index (χ2v) is 5.66. The van der Waals surface area contributed by atoms with E-state index in [9.17, 15) is 12.8 Å². The number of nitrogens with two attached hydrogens (primary N) is 1. The summed E-state index contributed by atoms with van der Waals surface area (Å²) >= 11 is 0. The van der Waals surface area contributed by atoms with Crippen LogP contribution in [0.1, 0.15) is 5.56 Å². The van der Waals surface area contributed by atoms with Gasteiger partial charge in [0.15, 0.2) is 5.84 Å². The first-order valence-electron chi connectivity index (χ1n) is 5.64. The van der Waals surface area contributed by atoms with Gasteiger partial charge in [-0.05, 0) is 30.3 Å². The van der Waals surface area contributed by atoms with Gasteiger partial charge in [0.2, 0.25) is 0 Å². The smallest absolute Gasteiger partial charge is 0.263 e. The number of amidine groups is 1. The zero-order chi connectivity index (χ0) is 15.5. The van der Waals surface area contributed by atoms with Crippen LogP contribution in [-0.2, 0) is 10.0 Å². The molecule has 4 N–H and O–H groups in total. The van der Waals surface area contributed by atoms with Gasteiger partial charge in [0.1, 0.15) is 10.7 Å². The first kappa shape index (κ1) is 14.7. The fourth-order valence-electron chi connectivity index (χ4n) is 1.56. The molecule has 110 valence electrons. The van der Waals surface area contributed by atoms with Crippen molar-refractivity contribution < 1.29 is 18.0 Å². The van der Waals surface area contributed by atoms with Crippen molar-refractivity contribution in [2.24, 2.45) is 10.9 Å². The van der Waals surface area contributed by atoms with Crippen molar-refractivity contribution in [2.45, 2.75) is 4.90 Å². The number of hydrogen-bond donors (Lipinski definition) is 3. The molecule has 0 unspecified atom stereocenters. The van der Waals surface area contributed by atoms with Crippen molar-refractivity contribution in [3.05, 3.63) is 54.1 Å². The number of aromatic nitrogens is 1. The third-order valence-corrected chi connectivity index (χ3v) is 3.91. The van der Waals surface area contributed by atoms with Crippen LogP contribution in [0.3, 0.4) is 0 Å². The van der Waals surface area contributed by atoms with E-state index in [1.54, 1.807) is 0 Å². The summed E-state index contributed by atoms with van der Waals surface area (Å²) in [5, 5.41) is 11.2. The van der Waals surface area contributed by atoms with E-state index in [-0.39, 0.29) is 16.1 Å². The van der Waals surface area contributed by atoms with Crippen molar-refractivity contribution in [1.29, 1.82) is 0 Å². The summed E-state index contributed by atoms with van der Waals surface area (Å²) in [5.74, 6) is -1.20. The summed E-state index contributed by atoms with van der Waals surface area (Å²) in [6.45, 7) is 0. The molecule has 7 nitrogen and oxygen atoms in total. The van der Waals surface area contributed by atoms with Crippen molar-refractivity contribution in [1.82, 2.24) is 4.98 Å². The Bertz CT molecular complexity index is 778. The molecule has 1 aromatic heterocycles. The molecular formula is C12H11FN4O3S. The average Bonchev–Trinajstić information content (AvgIpc) is 2.49. The third-order valence-electron chi connectivity index (χ3n) is 2.55. The SMILES string of the molecule is NC(=NO)c1cc(NS(=O)(=O)c2cccnc2)ccc1F. The van der Waals surface area contributed by atoms with Crippen molar-refractivity contribution >= 4 is 21.5 Å². The number of halogens is 1. The molecule has 0 radical (unpaired) electrons. The molecule has 2 rings (SSSR count). The molecule has 0 amide bonds. The quantitative estimate of drug-likeness (QED) is 0.338. The highest BCUT2D eigenvalue weighted by Gasteiger charge is 2.16. The van der Waals surface area contributed by atoms with Gasteiger partial charge in [-0.1, -0.05) is 5.16 Å². The van der Waals surface area contributed by atoms with E-state index >= 15 is 0 Å². The molecule has 0 saturated heterocycles. The molecule has 0 aliphatic rings. The number of anilines is 1. The van der Waals surface area contributed by atoms with Crippen LogP contribution >= 0.6 is 0 Å². The van der Waals surface area contributed by atoms with Crippen LogP contribution in [0.5, 0.6) is 0 Å². The number of oxime groups is 1. The first-order chi connectivity index (χ1) is 9.94. The molecule has 0 aliphatic carbocycles. The monoisotopic (exact) mass is 310 g/mol. The van der Waals surface area contributed by atoms with Gasteiger partial charge in [-0.2, -0.15) is 0 Å². The van der Waals surface area contributed by atoms with Gasteiger partial charge in [0, 0.05) is 18.1 Å². The van der Waals surface area contributed by atoms with Gasteiger partial charge in [0.05, 0.1) is 5.56 Å². The minimum atomic E-state index is -3.85. The second kappa shape index (κ2) is 5.75. The zero-order valence-corrected chi connectivity index (χ0v) is 11.4. The minimum Gasteiger partial charge on any atom is -0.409 e. The van der Waals surface area contributed by atoms with Crippen LogP contribution in [-0.4, -0.2) is 24.4 Å². The highest BCUT2D eigenvalue weighted by atomic mass is 32.2. The van der Waals surface area contributed by atoms with Gasteiger partial charge >= 0.3 is 0 Å². The maximum atomic E-state index is 13.5. The van der Waals surface area contributed by atoms with Gasteiger partial charge in [-0.15, -0.1) is 0 Å². The summed E-state index contributed by atoms with van der Waals surface area (Å²) in [4.78, 5) is 3.67. The van der Waals surface area contributed by atoms with Gasteiger partial charge in [-0.3, -0.25) is 9.71 Å². The minimum absolute atomic E-state index is 0.0420. The predicted molar refractivity (Wildman–Crippen MR) is 74.0 cm³/mol. The summed E-state index contributed by atoms with van der Waals surface area (Å²) < 4.78 is 39.9. The van der Waals surface area contributed by atoms with E-state index in [0.29, 0.717) is 0 Å². The lowest BCUT2D eigenvalue weighted by atomic mass is 10.2. The number of nitrogens with one attached hydrogen (secondary N) is 1. The molecule has 0 saturated carbocycles. The molecule has 9 heteroatoms. The van der Waals surface area contributed by atoms with E-state index in [2.05, 4.69) is 14.9 Å². The highest BCUT2D eigenvalue weighted by Crippen LogP contribution is 2.18. The number of benzene rings is 1. The van der Waals surface area contributed by atoms with Crippen LogP contribution < -0.4 is 10.5 Å². The second-order valence-electron chi connectivity index (χ2n) is 3.97. The number of rotatable bonds is 4. The van der Waals surface area contributed by atoms with E-state index in [0.717, 1.165) is 12.1 Å². The molecule has 0 fully saturated rings. The third kappa shape index (κ3) is 3.26. The fourth-order valence-corrected chi connectivity index (χ4v) is 2.57. The van der Waals surface area contributed by atoms with Crippen molar-refractivity contribution in [3.63, 3.8) is 0 Å². The average molecular weight is 310 g/mol. The zero-order valence-electron chi connectivity index (χ0n) is 10.6. The van der Waals surface area contributed by atoms with E-state index in [1.807, 2.05) is 0 Å². The molecular weight excluding hydrogens is 299 g/mol. The Morgan fingerprint density at radius 1 is 1.38 bits per heavy atom. The topological polar surface area (TPSA) is 118 Å². The maximum absolute atomic E-state index is 13.5. The Labute approximate surface area is 120 Å². The summed E-state index contributed by atoms with van der Waals surface area (Å²) in [6, 6.07) is 6.19. The first-order valence-corrected chi connectivity index (χ1v) is 7.12. The molecule has 2 aromatic rings. The normalized spacial score (nSPS) is 12.1. The molecule has 0 aliphatic heterocycles. The van der Waals surface area contributed by atoms with Crippen molar-refractivity contribution in [3.8, 4) is 0 Å². The molecule has 0 atom stereocenters. The van der Waals surface area contributed by atoms with Gasteiger partial charge in [0.25, 0.3) is 10.0 Å². The number of nitrogens with zero attached hydrogens (tertiary/aromatic N) is 2. The Kier molecular flexibility index (Phi) is 4.03. The maximum Gasteiger partial charge on any atom is 0.263 e. The van der Waals surface area contributed by atoms with Gasteiger partial charge < -0.3 is 10.9 Å². The molecule has 21 heavy (non-hydrogen) atoms. The summed E-state index contributed by atoms with van der Waals surface area (Å²) in [6.07, 6.45) is 2.61. The lowest BCUT2D eigenvalue weighted by molar-refractivity contribution is 0.318. The van der Waals surface area contributed by atoms with Crippen LogP contribution in [0, 0.1) is 5.82 Å². The lowest BCUT2D eigenvalue weighted by Gasteiger charge is -2.09. The van der Waals surface area contributed by atoms with E-state index in [1.165, 1.54) is 30.6 Å². The largest absolute Gasteiger partial charge is 0.409 e. The Morgan fingerprint density at radius 2 is 2.14 bits per heavy atom. The molecule has 1 aromatic carbocycles. The number of hydrogen-bond acceptors (Lipinski definition) is 5. The standard InChI is InChI=1S/C12H11FN4O3S/c13-11-4-3-8(6-10(11)12(14)16-18)17-21(19,20)9-2-1-5-15-7-9/h1-7,17-18H,(H2,14,16). The van der Waals surface area contributed by atoms with Crippen LogP contribution in [0.15, 0.2) is 52.8 Å². The van der Waals surface area contributed by atoms with E-state index in [4.69, 9.17) is 10.9 Å². The Morgan fingerprint density at radius 3 is 2.76 bits per heavy atom. The number of pyridine rings is 1. The lowest BCUT2D eigenvalue weighted by Crippen LogP contribution is -2.17. The highest BCUT2D eigenvalue weighted by molar-refractivity contribution is 7.92. The Balaban J connectivity index is 2.37. The fraction of sp³-hybridized carbons (Fsp3) is 0. The molecule has 0 bridgehead atoms. The summed E-state index contributed by atoms with van der Waals surface area (Å²) in [5.41, 5.74) is 5.16.